The Morgan fingerprint density at radius 1 is 1.03 bits per heavy atom. The summed E-state index contributed by atoms with van der Waals surface area (Å²) >= 11 is 0. The smallest absolute Gasteiger partial charge is 0.397 e. The van der Waals surface area contributed by atoms with Crippen molar-refractivity contribution < 1.29 is 74.7 Å². The lowest BCUT2D eigenvalue weighted by Gasteiger charge is -2.45. The first kappa shape index (κ1) is 26.2. The van der Waals surface area contributed by atoms with E-state index in [0.29, 0.717) is 0 Å². The number of carbonyl (C=O) groups is 1. The quantitative estimate of drug-likeness (QED) is 0.145. The summed E-state index contributed by atoms with van der Waals surface area (Å²) in [5.41, 5.74) is 0. The molecule has 0 aromatic rings. The van der Waals surface area contributed by atoms with Crippen molar-refractivity contribution >= 4 is 26.7 Å². The van der Waals surface area contributed by atoms with E-state index in [1.807, 2.05) is 0 Å². The lowest BCUT2D eigenvalue weighted by Crippen LogP contribution is -2.67. The van der Waals surface area contributed by atoms with Gasteiger partial charge in [0, 0.05) is 0 Å². The topological polar surface area (TPSA) is 276 Å². The van der Waals surface area contributed by atoms with Gasteiger partial charge in [-0.25, -0.2) is 8.98 Å². The van der Waals surface area contributed by atoms with Gasteiger partial charge in [-0.1, -0.05) is 0 Å². The first-order valence-corrected chi connectivity index (χ1v) is 11.2. The third-order valence-corrected chi connectivity index (χ3v) is 5.38. The van der Waals surface area contributed by atoms with Gasteiger partial charge in [-0.2, -0.15) is 21.6 Å². The number of nitrogens with one attached hydrogen (secondary N) is 1. The van der Waals surface area contributed by atoms with Crippen LogP contribution in [-0.4, -0.2) is 126 Å². The van der Waals surface area contributed by atoms with Crippen LogP contribution in [0.15, 0.2) is 0 Å². The monoisotopic (exact) mass is 499 g/mol. The van der Waals surface area contributed by atoms with Crippen LogP contribution in [0.2, 0.25) is 0 Å². The van der Waals surface area contributed by atoms with Crippen molar-refractivity contribution in [3.8, 4) is 0 Å². The number of hydrogen-bond acceptors (Lipinski definition) is 13. The number of aliphatic hydroxyl groups is 4. The predicted octanol–water partition coefficient (Wildman–Crippen LogP) is -5.40. The maximum absolute atomic E-state index is 11.4. The van der Waals surface area contributed by atoms with Crippen molar-refractivity contribution in [3.05, 3.63) is 0 Å². The molecular formula is C12H21NO16S2. The zero-order valence-corrected chi connectivity index (χ0v) is 16.9. The molecular weight excluding hydrogens is 478 g/mol. The second-order valence-corrected chi connectivity index (χ2v) is 8.88. The summed E-state index contributed by atoms with van der Waals surface area (Å²) in [5, 5.41) is 49.3. The van der Waals surface area contributed by atoms with Crippen LogP contribution in [0.4, 0.5) is 0 Å². The van der Waals surface area contributed by atoms with E-state index in [4.69, 9.17) is 23.3 Å². The van der Waals surface area contributed by atoms with E-state index in [1.165, 1.54) is 4.72 Å². The molecule has 0 saturated carbocycles. The van der Waals surface area contributed by atoms with Crippen LogP contribution in [0.3, 0.4) is 0 Å². The highest BCUT2D eigenvalue weighted by atomic mass is 32.3. The second-order valence-electron chi connectivity index (χ2n) is 6.61. The SMILES string of the molecule is O=C(O)C1OCC(O)C(O)C1OC1OC(COS(=O)(=O)O)C(O)C(O)C1NS(=O)(=O)O. The molecule has 182 valence electrons. The molecule has 0 amide bonds. The molecule has 0 radical (unpaired) electrons. The molecule has 2 aliphatic rings. The third kappa shape index (κ3) is 6.95. The molecule has 9 atom stereocenters. The first-order valence-electron chi connectivity index (χ1n) is 8.35. The molecule has 9 unspecified atom stereocenters. The van der Waals surface area contributed by atoms with Crippen molar-refractivity contribution in [2.45, 2.75) is 55.1 Å². The average molecular weight is 499 g/mol. The highest BCUT2D eigenvalue weighted by molar-refractivity contribution is 7.83. The Labute approximate surface area is 174 Å². The molecule has 0 aliphatic carbocycles. The summed E-state index contributed by atoms with van der Waals surface area (Å²) in [4.78, 5) is 11.4. The second kappa shape index (κ2) is 9.82. The third-order valence-electron chi connectivity index (χ3n) is 4.38. The fraction of sp³-hybridized carbons (Fsp3) is 0.917. The largest absolute Gasteiger partial charge is 0.479 e. The highest BCUT2D eigenvalue weighted by Crippen LogP contribution is 2.28. The number of carboxylic acid groups (broad SMARTS) is 1. The van der Waals surface area contributed by atoms with Crippen molar-refractivity contribution in [1.29, 1.82) is 0 Å². The van der Waals surface area contributed by atoms with E-state index < -0.39 is 94.9 Å². The Hall–Kier alpha value is -1.07. The average Bonchev–Trinajstić information content (AvgIpc) is 2.62. The molecule has 2 heterocycles. The molecule has 0 aromatic heterocycles. The lowest BCUT2D eigenvalue weighted by molar-refractivity contribution is -0.309. The Morgan fingerprint density at radius 3 is 2.16 bits per heavy atom. The first-order chi connectivity index (χ1) is 14.1. The van der Waals surface area contributed by atoms with Crippen molar-refractivity contribution in [2.75, 3.05) is 13.2 Å². The molecule has 2 saturated heterocycles. The minimum atomic E-state index is -5.07. The van der Waals surface area contributed by atoms with Crippen LogP contribution in [0, 0.1) is 0 Å². The van der Waals surface area contributed by atoms with E-state index in [0.717, 1.165) is 0 Å². The summed E-state index contributed by atoms with van der Waals surface area (Å²) in [6, 6.07) is -2.02. The minimum absolute atomic E-state index is 0.595. The van der Waals surface area contributed by atoms with Crippen LogP contribution < -0.4 is 4.72 Å². The molecule has 19 heteroatoms. The van der Waals surface area contributed by atoms with Crippen LogP contribution in [0.1, 0.15) is 0 Å². The highest BCUT2D eigenvalue weighted by Gasteiger charge is 2.51. The van der Waals surface area contributed by atoms with E-state index in [9.17, 15) is 47.2 Å². The minimum Gasteiger partial charge on any atom is -0.479 e. The van der Waals surface area contributed by atoms with Crippen LogP contribution >= 0.6 is 0 Å². The maximum Gasteiger partial charge on any atom is 0.397 e. The molecule has 0 spiro atoms. The van der Waals surface area contributed by atoms with Gasteiger partial charge in [0.25, 0.3) is 0 Å². The van der Waals surface area contributed by atoms with Gasteiger partial charge in [0.15, 0.2) is 12.4 Å². The fourth-order valence-corrected chi connectivity index (χ4v) is 3.85. The number of aliphatic hydroxyl groups excluding tert-OH is 4. The van der Waals surface area contributed by atoms with Crippen LogP contribution in [0.25, 0.3) is 0 Å². The van der Waals surface area contributed by atoms with Crippen LogP contribution in [0.5, 0.6) is 0 Å². The maximum atomic E-state index is 11.4. The number of rotatable bonds is 8. The van der Waals surface area contributed by atoms with Gasteiger partial charge in [0.05, 0.1) is 13.2 Å². The molecule has 2 aliphatic heterocycles. The molecule has 0 aromatic carbocycles. The van der Waals surface area contributed by atoms with Gasteiger partial charge < -0.3 is 39.7 Å². The predicted molar refractivity (Wildman–Crippen MR) is 90.9 cm³/mol. The Kier molecular flexibility index (Phi) is 8.30. The number of aliphatic carboxylic acids is 1. The Balaban J connectivity index is 2.33. The summed E-state index contributed by atoms with van der Waals surface area (Å²) in [6.07, 6.45) is -15.5. The van der Waals surface area contributed by atoms with Gasteiger partial charge in [-0.15, -0.1) is 0 Å². The fourth-order valence-electron chi connectivity index (χ4n) is 2.95. The Bertz CT molecular complexity index is 845. The van der Waals surface area contributed by atoms with Gasteiger partial charge in [0.1, 0.15) is 42.7 Å². The molecule has 17 nitrogen and oxygen atoms in total. The molecule has 8 N–H and O–H groups in total. The zero-order valence-electron chi connectivity index (χ0n) is 15.2. The van der Waals surface area contributed by atoms with Gasteiger partial charge in [0.2, 0.25) is 0 Å². The van der Waals surface area contributed by atoms with Crippen molar-refractivity contribution in [2.24, 2.45) is 0 Å². The number of hydrogen-bond donors (Lipinski definition) is 8. The lowest BCUT2D eigenvalue weighted by atomic mass is 9.96. The molecule has 2 fully saturated rings. The zero-order chi connectivity index (χ0) is 23.7. The van der Waals surface area contributed by atoms with Crippen molar-refractivity contribution in [1.82, 2.24) is 4.72 Å². The molecule has 2 rings (SSSR count). The summed E-state index contributed by atoms with van der Waals surface area (Å²) in [6.45, 7) is -1.70. The summed E-state index contributed by atoms with van der Waals surface area (Å²) < 4.78 is 82.3. The molecule has 31 heavy (non-hydrogen) atoms. The van der Waals surface area contributed by atoms with Gasteiger partial charge in [-0.05, 0) is 0 Å². The van der Waals surface area contributed by atoms with Crippen LogP contribution in [-0.2, 0) is 43.9 Å². The van der Waals surface area contributed by atoms with Gasteiger partial charge >= 0.3 is 26.7 Å². The normalized spacial score (nSPS) is 39.9. The van der Waals surface area contributed by atoms with Crippen molar-refractivity contribution in [3.63, 3.8) is 0 Å². The van der Waals surface area contributed by atoms with E-state index >= 15 is 0 Å². The standard InChI is InChI=1S/C12H21NO16S2/c14-3-1-26-10(11(18)19)9(6(3)15)29-12-5(13-30(20,21)22)8(17)7(16)4(28-12)2-27-31(23,24)25/h3-10,12-17H,1-2H2,(H,18,19)(H,20,21,22)(H,23,24,25). The molecule has 0 bridgehead atoms. The van der Waals surface area contributed by atoms with E-state index in [1.54, 1.807) is 0 Å². The van der Waals surface area contributed by atoms with E-state index in [2.05, 4.69) is 4.18 Å². The Morgan fingerprint density at radius 2 is 1.65 bits per heavy atom. The summed E-state index contributed by atoms with van der Waals surface area (Å²) in [7, 11) is -10.1. The number of ether oxygens (including phenoxy) is 3. The number of carboxylic acids is 1. The summed E-state index contributed by atoms with van der Waals surface area (Å²) in [5.74, 6) is -1.65. The van der Waals surface area contributed by atoms with E-state index in [-0.39, 0.29) is 0 Å². The van der Waals surface area contributed by atoms with Gasteiger partial charge in [-0.3, -0.25) is 9.11 Å².